The van der Waals surface area contributed by atoms with Crippen molar-refractivity contribution in [1.29, 1.82) is 5.26 Å². The highest BCUT2D eigenvalue weighted by atomic mass is 79.9. The molecule has 346 valence electrons. The zero-order valence-corrected chi connectivity index (χ0v) is 41.0. The molecule has 10 rings (SSSR count). The number of benzene rings is 2. The Morgan fingerprint density at radius 3 is 1.55 bits per heavy atom. The van der Waals surface area contributed by atoms with Gasteiger partial charge in [0.05, 0.1) is 58.8 Å². The number of amides is 4. The summed E-state index contributed by atoms with van der Waals surface area (Å²) in [5.74, 6) is 2.78. The van der Waals surface area contributed by atoms with Crippen LogP contribution in [-0.2, 0) is 11.1 Å². The van der Waals surface area contributed by atoms with Gasteiger partial charge in [0.25, 0.3) is 0 Å². The summed E-state index contributed by atoms with van der Waals surface area (Å²) in [6.07, 6.45) is 14.5. The summed E-state index contributed by atoms with van der Waals surface area (Å²) in [6.45, 7) is 9.82. The molecule has 67 heavy (non-hydrogen) atoms. The summed E-state index contributed by atoms with van der Waals surface area (Å²) < 4.78 is 4.72. The van der Waals surface area contributed by atoms with Crippen LogP contribution in [0, 0.1) is 23.2 Å². The maximum Gasteiger partial charge on any atom is 0.325 e. The van der Waals surface area contributed by atoms with Gasteiger partial charge in [0, 0.05) is 77.9 Å². The zero-order chi connectivity index (χ0) is 47.4. The SMILES string of the molecule is CC(C)[C@H]1CN(C)C(=O)N1c1ccnc(NC2(c3cn(-c4cc(Cl)cc(Br)c4)cn3)CC2)n1.CC(C)[C@H]1CN(C)C(=O)N1c1ccnc(NC2(c3cn(-c4cc(Cl)cc(C#N)c4)cn3)CC2)n1. The van der Waals surface area contributed by atoms with Crippen molar-refractivity contribution in [2.75, 3.05) is 47.6 Å². The molecule has 0 spiro atoms. The predicted octanol–water partition coefficient (Wildman–Crippen LogP) is 9.26. The first kappa shape index (κ1) is 45.8. The highest BCUT2D eigenvalue weighted by Gasteiger charge is 2.49. The Bertz CT molecular complexity index is 2870. The first-order chi connectivity index (χ1) is 32.0. The monoisotopic (exact) mass is 1010 g/mol. The smallest absolute Gasteiger partial charge is 0.325 e. The maximum absolute atomic E-state index is 12.8. The normalized spacial score (nSPS) is 19.2. The van der Waals surface area contributed by atoms with Crippen LogP contribution in [0.1, 0.15) is 70.3 Å². The molecule has 0 bridgehead atoms. The van der Waals surface area contributed by atoms with E-state index >= 15 is 0 Å². The molecule has 6 aromatic rings. The minimum atomic E-state index is -0.371. The molecule has 2 N–H and O–H groups in total. The van der Waals surface area contributed by atoms with Gasteiger partial charge in [-0.2, -0.15) is 15.2 Å². The molecule has 2 atom stereocenters. The molecule has 4 fully saturated rings. The van der Waals surface area contributed by atoms with E-state index in [-0.39, 0.29) is 35.2 Å². The molecule has 20 heteroatoms. The third kappa shape index (κ3) is 9.37. The Hall–Kier alpha value is -6.29. The highest BCUT2D eigenvalue weighted by Crippen LogP contribution is 2.48. The van der Waals surface area contributed by atoms with Crippen molar-refractivity contribution in [3.05, 3.63) is 117 Å². The van der Waals surface area contributed by atoms with Gasteiger partial charge in [0.15, 0.2) is 0 Å². The van der Waals surface area contributed by atoms with E-state index in [1.807, 2.05) is 53.8 Å². The van der Waals surface area contributed by atoms with E-state index in [1.54, 1.807) is 75.0 Å². The molecule has 2 saturated carbocycles. The molecule has 2 saturated heterocycles. The predicted molar refractivity (Wildman–Crippen MR) is 261 cm³/mol. The number of aromatic nitrogens is 8. The Labute approximate surface area is 407 Å². The highest BCUT2D eigenvalue weighted by molar-refractivity contribution is 9.10. The number of likely N-dealkylation sites (N-methyl/N-ethyl adjacent to an activating group) is 2. The van der Waals surface area contributed by atoms with Crippen LogP contribution >= 0.6 is 39.1 Å². The summed E-state index contributed by atoms with van der Waals surface area (Å²) in [5.41, 5.74) is 3.28. The second kappa shape index (κ2) is 18.1. The lowest BCUT2D eigenvalue weighted by Gasteiger charge is -2.25. The van der Waals surface area contributed by atoms with Crippen LogP contribution in [0.3, 0.4) is 0 Å². The molecular formula is C47H50BrCl2N15O2. The quantitative estimate of drug-likeness (QED) is 0.119. The van der Waals surface area contributed by atoms with Crippen molar-refractivity contribution in [2.45, 2.75) is 76.5 Å². The molecular weight excluding hydrogens is 957 g/mol. The molecule has 6 heterocycles. The van der Waals surface area contributed by atoms with E-state index in [2.05, 4.69) is 80.3 Å². The van der Waals surface area contributed by atoms with E-state index < -0.39 is 0 Å². The molecule has 4 aliphatic rings. The van der Waals surface area contributed by atoms with Gasteiger partial charge in [-0.1, -0.05) is 66.8 Å². The standard InChI is InChI=1S/C24H25ClN8O.C23H25BrClN7O/c1-15(2)19-12-31(3)23(34)33(19)21-4-7-27-22(29-21)30-24(5-6-24)20-13-32(14-28-20)18-9-16(11-26)8-17(25)10-18;1-14(2)18-11-30(3)22(33)32(18)20-4-7-26-21(28-20)29-23(5-6-23)19-12-31(13-27-19)17-9-15(24)8-16(25)10-17/h4,7-10,13-15,19H,5-6,12H2,1-3H3,(H,27,29,30);4,7-10,12-14,18H,5-6,11H2,1-3H3,(H,26,28,29)/t19-;18-/m11/s1. The minimum absolute atomic E-state index is 0.0362. The number of urea groups is 2. The number of rotatable bonds is 12. The fourth-order valence-corrected chi connectivity index (χ4v) is 9.71. The van der Waals surface area contributed by atoms with Gasteiger partial charge < -0.3 is 29.6 Å². The molecule has 2 aliphatic heterocycles. The molecule has 0 unspecified atom stereocenters. The number of hydrogen-bond donors (Lipinski definition) is 2. The Morgan fingerprint density at radius 1 is 0.687 bits per heavy atom. The van der Waals surface area contributed by atoms with Crippen LogP contribution in [0.25, 0.3) is 11.4 Å². The minimum Gasteiger partial charge on any atom is -0.343 e. The van der Waals surface area contributed by atoms with Gasteiger partial charge in [-0.15, -0.1) is 0 Å². The first-order valence-electron chi connectivity index (χ1n) is 22.1. The van der Waals surface area contributed by atoms with Gasteiger partial charge >= 0.3 is 12.1 Å². The molecule has 17 nitrogen and oxygen atoms in total. The van der Waals surface area contributed by atoms with Crippen LogP contribution in [0.2, 0.25) is 10.0 Å². The number of hydrogen-bond acceptors (Lipinski definition) is 11. The third-order valence-corrected chi connectivity index (χ3v) is 13.7. The number of nitriles is 1. The summed E-state index contributed by atoms with van der Waals surface area (Å²) in [5, 5.41) is 17.3. The summed E-state index contributed by atoms with van der Waals surface area (Å²) in [4.78, 5) is 60.1. The second-order valence-electron chi connectivity index (χ2n) is 18.3. The Kier molecular flexibility index (Phi) is 12.4. The van der Waals surface area contributed by atoms with Crippen LogP contribution in [0.4, 0.5) is 33.1 Å². The fraction of sp³-hybridized carbons (Fsp3) is 0.383. The lowest BCUT2D eigenvalue weighted by atomic mass is 10.0. The summed E-state index contributed by atoms with van der Waals surface area (Å²) in [6, 6.07) is 16.7. The van der Waals surface area contributed by atoms with Crippen molar-refractivity contribution in [1.82, 2.24) is 48.8 Å². The van der Waals surface area contributed by atoms with E-state index in [0.717, 1.165) is 52.9 Å². The van der Waals surface area contributed by atoms with Gasteiger partial charge in [0.1, 0.15) is 11.6 Å². The van der Waals surface area contributed by atoms with E-state index in [0.29, 0.717) is 64.1 Å². The topological polar surface area (TPSA) is 182 Å². The first-order valence-corrected chi connectivity index (χ1v) is 23.7. The number of imidazole rings is 2. The Morgan fingerprint density at radius 2 is 1.13 bits per heavy atom. The van der Waals surface area contributed by atoms with Crippen LogP contribution in [0.5, 0.6) is 0 Å². The van der Waals surface area contributed by atoms with Crippen molar-refractivity contribution in [3.63, 3.8) is 0 Å². The summed E-state index contributed by atoms with van der Waals surface area (Å²) in [7, 11) is 3.64. The zero-order valence-electron chi connectivity index (χ0n) is 37.9. The third-order valence-electron chi connectivity index (χ3n) is 12.8. The lowest BCUT2D eigenvalue weighted by Crippen LogP contribution is -2.38. The second-order valence-corrected chi connectivity index (χ2v) is 20.1. The number of anilines is 4. The van der Waals surface area contributed by atoms with Crippen molar-refractivity contribution in [3.8, 4) is 17.4 Å². The number of nitrogens with one attached hydrogen (secondary N) is 2. The van der Waals surface area contributed by atoms with E-state index in [1.165, 1.54) is 0 Å². The fourth-order valence-electron chi connectivity index (χ4n) is 8.64. The molecule has 2 aliphatic carbocycles. The Balaban J connectivity index is 0.000000168. The van der Waals surface area contributed by atoms with Crippen LogP contribution in [0.15, 0.2) is 90.4 Å². The van der Waals surface area contributed by atoms with Gasteiger partial charge in [0.2, 0.25) is 11.9 Å². The number of carbonyl (C=O) groups is 2. The number of carbonyl (C=O) groups excluding carboxylic acids is 2. The van der Waals surface area contributed by atoms with Gasteiger partial charge in [-0.3, -0.25) is 9.80 Å². The van der Waals surface area contributed by atoms with Crippen LogP contribution in [-0.4, -0.2) is 100 Å². The molecule has 2 aromatic carbocycles. The number of halogens is 3. The van der Waals surface area contributed by atoms with Gasteiger partial charge in [-0.05, 0) is 86.1 Å². The average molecular weight is 1010 g/mol. The van der Waals surface area contributed by atoms with Gasteiger partial charge in [-0.25, -0.2) is 29.5 Å². The largest absolute Gasteiger partial charge is 0.343 e. The van der Waals surface area contributed by atoms with Crippen molar-refractivity contribution < 1.29 is 9.59 Å². The van der Waals surface area contributed by atoms with Crippen molar-refractivity contribution >= 4 is 74.7 Å². The lowest BCUT2D eigenvalue weighted by molar-refractivity contribution is 0.228. The maximum atomic E-state index is 12.8. The molecule has 0 radical (unpaired) electrons. The van der Waals surface area contributed by atoms with Crippen molar-refractivity contribution in [2.24, 2.45) is 11.8 Å². The molecule has 4 amide bonds. The van der Waals surface area contributed by atoms with Crippen LogP contribution < -0.4 is 20.4 Å². The molecule has 4 aromatic heterocycles. The van der Waals surface area contributed by atoms with E-state index in [9.17, 15) is 14.9 Å². The number of nitrogens with zero attached hydrogens (tertiary/aromatic N) is 13. The van der Waals surface area contributed by atoms with E-state index in [4.69, 9.17) is 33.2 Å². The summed E-state index contributed by atoms with van der Waals surface area (Å²) >= 11 is 15.9. The average Bonchev–Trinajstić information content (AvgIpc) is 3.97.